The highest BCUT2D eigenvalue weighted by Gasteiger charge is 2.34. The predicted molar refractivity (Wildman–Crippen MR) is 71.3 cm³/mol. The molecule has 2 N–H and O–H groups in total. The Kier molecular flexibility index (Phi) is 3.57. The van der Waals surface area contributed by atoms with Crippen LogP contribution >= 0.6 is 0 Å². The molecule has 3 aliphatic rings. The fraction of sp³-hybridized carbons (Fsp3) is 0.929. The van der Waals surface area contributed by atoms with Crippen LogP contribution in [0.1, 0.15) is 39.0 Å². The molecule has 0 aromatic heterocycles. The third-order valence-electron chi connectivity index (χ3n) is 4.75. The maximum Gasteiger partial charge on any atom is 0.237 e. The number of carbonyl (C=O) groups excluding carboxylic acids is 1. The quantitative estimate of drug-likeness (QED) is 0.777. The van der Waals surface area contributed by atoms with E-state index >= 15 is 0 Å². The average molecular weight is 251 g/mol. The van der Waals surface area contributed by atoms with Crippen molar-refractivity contribution in [1.29, 1.82) is 0 Å². The van der Waals surface area contributed by atoms with Gasteiger partial charge in [0.25, 0.3) is 0 Å². The summed E-state index contributed by atoms with van der Waals surface area (Å²) in [5, 5.41) is 6.55. The molecule has 0 bridgehead atoms. The van der Waals surface area contributed by atoms with E-state index in [4.69, 9.17) is 0 Å². The summed E-state index contributed by atoms with van der Waals surface area (Å²) in [6.07, 6.45) is 6.16. The molecular weight excluding hydrogens is 226 g/mol. The maximum atomic E-state index is 12.2. The standard InChI is InChI=1S/C14H25N3O/c1-10-4-7-15-13(10)14(18)16-11-5-8-17(9-6-11)12-2-3-12/h10-13,15H,2-9H2,1H3,(H,16,18). The molecule has 2 aliphatic heterocycles. The lowest BCUT2D eigenvalue weighted by Crippen LogP contribution is -2.51. The molecule has 102 valence electrons. The summed E-state index contributed by atoms with van der Waals surface area (Å²) in [6.45, 7) is 5.49. The predicted octanol–water partition coefficient (Wildman–Crippen LogP) is 0.727. The molecule has 0 aromatic carbocycles. The van der Waals surface area contributed by atoms with Gasteiger partial charge in [-0.1, -0.05) is 6.92 Å². The highest BCUT2D eigenvalue weighted by Crippen LogP contribution is 2.29. The van der Waals surface area contributed by atoms with Crippen molar-refractivity contribution >= 4 is 5.91 Å². The molecule has 0 radical (unpaired) electrons. The minimum atomic E-state index is 0.0476. The number of rotatable bonds is 3. The lowest BCUT2D eigenvalue weighted by atomic mass is 10.0. The van der Waals surface area contributed by atoms with Crippen LogP contribution < -0.4 is 10.6 Å². The van der Waals surface area contributed by atoms with Gasteiger partial charge in [0.05, 0.1) is 6.04 Å². The molecule has 0 aromatic rings. The molecule has 2 unspecified atom stereocenters. The van der Waals surface area contributed by atoms with Gasteiger partial charge in [-0.15, -0.1) is 0 Å². The Labute approximate surface area is 109 Å². The highest BCUT2D eigenvalue weighted by atomic mass is 16.2. The Hall–Kier alpha value is -0.610. The first-order valence-electron chi connectivity index (χ1n) is 7.52. The number of nitrogens with one attached hydrogen (secondary N) is 2. The number of amides is 1. The van der Waals surface area contributed by atoms with Gasteiger partial charge in [-0.3, -0.25) is 4.79 Å². The maximum absolute atomic E-state index is 12.2. The van der Waals surface area contributed by atoms with Crippen LogP contribution in [0.5, 0.6) is 0 Å². The van der Waals surface area contributed by atoms with E-state index in [1.165, 1.54) is 25.9 Å². The third kappa shape index (κ3) is 2.69. The summed E-state index contributed by atoms with van der Waals surface area (Å²) in [7, 11) is 0. The van der Waals surface area contributed by atoms with Crippen LogP contribution in [-0.2, 0) is 4.79 Å². The summed E-state index contributed by atoms with van der Waals surface area (Å²) in [5.41, 5.74) is 0. The Morgan fingerprint density at radius 3 is 2.44 bits per heavy atom. The summed E-state index contributed by atoms with van der Waals surface area (Å²) in [6, 6.07) is 1.33. The van der Waals surface area contributed by atoms with Crippen LogP contribution in [0.3, 0.4) is 0 Å². The van der Waals surface area contributed by atoms with Gasteiger partial charge in [0.15, 0.2) is 0 Å². The van der Waals surface area contributed by atoms with E-state index in [0.29, 0.717) is 12.0 Å². The van der Waals surface area contributed by atoms with Crippen molar-refractivity contribution in [2.45, 2.75) is 57.2 Å². The van der Waals surface area contributed by atoms with Crippen molar-refractivity contribution in [3.63, 3.8) is 0 Å². The lowest BCUT2D eigenvalue weighted by Gasteiger charge is -2.33. The molecule has 3 fully saturated rings. The highest BCUT2D eigenvalue weighted by molar-refractivity contribution is 5.82. The fourth-order valence-electron chi connectivity index (χ4n) is 3.33. The lowest BCUT2D eigenvalue weighted by molar-refractivity contribution is -0.124. The summed E-state index contributed by atoms with van der Waals surface area (Å²) in [5.74, 6) is 0.710. The second kappa shape index (κ2) is 5.17. The van der Waals surface area contributed by atoms with Crippen LogP contribution in [0.25, 0.3) is 0 Å². The number of hydrogen-bond acceptors (Lipinski definition) is 3. The third-order valence-corrected chi connectivity index (χ3v) is 4.75. The van der Waals surface area contributed by atoms with Gasteiger partial charge in [0, 0.05) is 25.2 Å². The number of likely N-dealkylation sites (tertiary alicyclic amines) is 1. The van der Waals surface area contributed by atoms with Gasteiger partial charge < -0.3 is 15.5 Å². The first-order chi connectivity index (χ1) is 8.74. The Morgan fingerprint density at radius 2 is 1.89 bits per heavy atom. The molecule has 2 saturated heterocycles. The Balaban J connectivity index is 1.44. The fourth-order valence-corrected chi connectivity index (χ4v) is 3.33. The van der Waals surface area contributed by atoms with Gasteiger partial charge in [0.2, 0.25) is 5.91 Å². The summed E-state index contributed by atoms with van der Waals surface area (Å²) in [4.78, 5) is 14.8. The zero-order valence-corrected chi connectivity index (χ0v) is 11.3. The number of hydrogen-bond donors (Lipinski definition) is 2. The van der Waals surface area contributed by atoms with Gasteiger partial charge in [-0.05, 0) is 44.6 Å². The van der Waals surface area contributed by atoms with E-state index in [9.17, 15) is 4.79 Å². The molecule has 3 rings (SSSR count). The molecule has 2 atom stereocenters. The molecule has 1 aliphatic carbocycles. The average Bonchev–Trinajstić information content (AvgIpc) is 3.12. The van der Waals surface area contributed by atoms with Crippen LogP contribution in [0.2, 0.25) is 0 Å². The number of nitrogens with zero attached hydrogens (tertiary/aromatic N) is 1. The van der Waals surface area contributed by atoms with Crippen LogP contribution in [0.15, 0.2) is 0 Å². The van der Waals surface area contributed by atoms with Gasteiger partial charge in [0.1, 0.15) is 0 Å². The van der Waals surface area contributed by atoms with Gasteiger partial charge in [-0.2, -0.15) is 0 Å². The van der Waals surface area contributed by atoms with Crippen LogP contribution in [0, 0.1) is 5.92 Å². The minimum absolute atomic E-state index is 0.0476. The van der Waals surface area contributed by atoms with E-state index in [1.54, 1.807) is 0 Å². The number of carbonyl (C=O) groups is 1. The second-order valence-corrected chi connectivity index (χ2v) is 6.25. The van der Waals surface area contributed by atoms with Crippen LogP contribution in [-0.4, -0.2) is 48.6 Å². The monoisotopic (exact) mass is 251 g/mol. The molecule has 0 spiro atoms. The van der Waals surface area contributed by atoms with Gasteiger partial charge in [-0.25, -0.2) is 0 Å². The normalized spacial score (nSPS) is 34.7. The second-order valence-electron chi connectivity index (χ2n) is 6.25. The Morgan fingerprint density at radius 1 is 1.17 bits per heavy atom. The zero-order valence-electron chi connectivity index (χ0n) is 11.3. The van der Waals surface area contributed by atoms with Crippen molar-refractivity contribution < 1.29 is 4.79 Å². The van der Waals surface area contributed by atoms with E-state index < -0.39 is 0 Å². The molecule has 18 heavy (non-hydrogen) atoms. The Bertz CT molecular complexity index is 308. The minimum Gasteiger partial charge on any atom is -0.352 e. The first-order valence-corrected chi connectivity index (χ1v) is 7.52. The largest absolute Gasteiger partial charge is 0.352 e. The van der Waals surface area contributed by atoms with Crippen molar-refractivity contribution in [3.05, 3.63) is 0 Å². The first kappa shape index (κ1) is 12.4. The van der Waals surface area contributed by atoms with Crippen molar-refractivity contribution in [2.24, 2.45) is 5.92 Å². The summed E-state index contributed by atoms with van der Waals surface area (Å²) < 4.78 is 0. The van der Waals surface area contributed by atoms with E-state index in [-0.39, 0.29) is 11.9 Å². The van der Waals surface area contributed by atoms with E-state index in [2.05, 4.69) is 22.5 Å². The molecular formula is C14H25N3O. The van der Waals surface area contributed by atoms with Crippen LogP contribution in [0.4, 0.5) is 0 Å². The SMILES string of the molecule is CC1CCNC1C(=O)NC1CCN(C2CC2)CC1. The summed E-state index contributed by atoms with van der Waals surface area (Å²) >= 11 is 0. The van der Waals surface area contributed by atoms with Crippen molar-refractivity contribution in [1.82, 2.24) is 15.5 Å². The molecule has 2 heterocycles. The van der Waals surface area contributed by atoms with Crippen molar-refractivity contribution in [3.8, 4) is 0 Å². The molecule has 1 amide bonds. The zero-order chi connectivity index (χ0) is 12.5. The molecule has 4 nitrogen and oxygen atoms in total. The van der Waals surface area contributed by atoms with Crippen molar-refractivity contribution in [2.75, 3.05) is 19.6 Å². The molecule has 4 heteroatoms. The smallest absolute Gasteiger partial charge is 0.237 e. The van der Waals surface area contributed by atoms with E-state index in [0.717, 1.165) is 31.8 Å². The van der Waals surface area contributed by atoms with E-state index in [1.807, 2.05) is 0 Å². The topological polar surface area (TPSA) is 44.4 Å². The molecule has 1 saturated carbocycles. The number of piperidine rings is 1. The van der Waals surface area contributed by atoms with Gasteiger partial charge >= 0.3 is 0 Å².